The van der Waals surface area contributed by atoms with Crippen LogP contribution in [0.15, 0.2) is 168 Å². The van der Waals surface area contributed by atoms with Crippen LogP contribution in [0.5, 0.6) is 28.7 Å². The Morgan fingerprint density at radius 3 is 1.15 bits per heavy atom. The molecule has 0 spiro atoms. The van der Waals surface area contributed by atoms with Crippen LogP contribution >= 0.6 is 50.7 Å². The Labute approximate surface area is 755 Å². The Morgan fingerprint density at radius 2 is 0.828 bits per heavy atom. The summed E-state index contributed by atoms with van der Waals surface area (Å²) >= 11 is 23.7. The standard InChI is InChI=1S/C32H32BrClFNO5.C32H31ClFNO5.C31H29ClFNO5.B.Na.H/c1-32(2,3)23-10-8-20(14-25(23)34)36-30(18-6-11-28(24(33)12-18)41-16-27(39)17-4-5-17)29(26(38)15-37)21-9-7-19(35)13-22(21)31(36)40;1-32(2,3)23-10-8-20(14-24(23)33)35-30(18-6-11-26-27(12-18)40-28(16-39-26)17-4-5-17)29(25(37)15-36)21-9-7-19(34)13-22(21)31(35)38;1-31(2,3)22-10-8-19(14-23(22)32)34-28(27(30(36)37)20-9-7-18(33)13-21(20)29(34)35)17-6-11-24-25(12-17)39-26(15-38-24)16-4-5-16;;;/h6-14,17,27,29-30,37,39H,4-5,15-16H2,1-3H3;6-14,17,28-30,36H,4-5,15-16H2,1-3H3;6-14,16,26-28H,4-5,15H2,1-3H3,(H,36,37);;;/q;;;;+1;-1/t27?,29-,30-;28?,29-,30-;26?,27-,28+;;;/m110.../s1. The smallest absolute Gasteiger partial charge is 1.00 e. The number of aliphatic carboxylic acids is 1. The molecule has 18 nitrogen and oxygen atoms in total. The summed E-state index contributed by atoms with van der Waals surface area (Å²) in [6, 6.07) is 40.5. The second-order valence-electron chi connectivity index (χ2n) is 35.2. The first kappa shape index (κ1) is 91.0. The average Bonchev–Trinajstić information content (AvgIpc) is 1.64. The first-order chi connectivity index (χ1) is 57.0. The molecular weight excluding hydrogens is 1700 g/mol. The van der Waals surface area contributed by atoms with Gasteiger partial charge in [-0.05, 0) is 248 Å². The largest absolute Gasteiger partial charge is 1.00 e. The number of carboxylic acid groups (broad SMARTS) is 1. The van der Waals surface area contributed by atoms with Gasteiger partial charge in [0, 0.05) is 57.2 Å². The molecule has 3 unspecified atom stereocenters. The molecule has 9 aromatic rings. The number of ether oxygens (including phenoxy) is 5. The zero-order valence-electron chi connectivity index (χ0n) is 70.1. The fourth-order valence-corrected chi connectivity index (χ4v) is 19.0. The topological polar surface area (TPSA) is 239 Å². The number of fused-ring (bicyclic) bond motifs is 5. The molecule has 8 aliphatic rings. The van der Waals surface area contributed by atoms with E-state index in [1.165, 1.54) is 51.1 Å². The van der Waals surface area contributed by atoms with E-state index in [0.29, 0.717) is 118 Å². The number of benzene rings is 9. The van der Waals surface area contributed by atoms with Gasteiger partial charge >= 0.3 is 35.5 Å². The predicted octanol–water partition coefficient (Wildman–Crippen LogP) is 16.7. The van der Waals surface area contributed by atoms with Crippen molar-refractivity contribution >= 4 is 111 Å². The average molecular weight is 1790 g/mol. The Kier molecular flexibility index (Phi) is 26.9. The third kappa shape index (κ3) is 18.5. The van der Waals surface area contributed by atoms with Crippen molar-refractivity contribution in [3.05, 3.63) is 268 Å². The Bertz CT molecular complexity index is 5610. The SMILES string of the molecule is CC(C)(C)c1ccc(N2C(=O)c3cc(F)ccc3[C@H](C(=O)CO)[C@H]2c2ccc(OCC(O)C3CC3)c(Br)c2)cc1Cl.CC(C)(C)c1ccc(N2C(=O)c3cc(F)ccc3[C@H](C(=O)CO)[C@H]2c2ccc3c(c2)OC(C2CC2)CO3)cc1Cl.CC(C)(C)c1ccc(N2C(=O)c3cc(F)ccc3[C@H](C(=O)O)[C@H]2c2ccc3c(c2)OC(C2CC2)CO3)cc1Cl.[B].[H-].[Na+]. The minimum atomic E-state index is -1.17. The number of halogens is 7. The molecule has 9 aromatic carbocycles. The zero-order chi connectivity index (χ0) is 85.6. The summed E-state index contributed by atoms with van der Waals surface area (Å²) in [5.74, 6) is -4.57. The first-order valence-corrected chi connectivity index (χ1v) is 42.2. The molecule has 0 bridgehead atoms. The summed E-state index contributed by atoms with van der Waals surface area (Å²) in [7, 11) is 0. The molecule has 0 aromatic heterocycles. The van der Waals surface area contributed by atoms with Gasteiger partial charge in [0.15, 0.2) is 34.6 Å². The molecule has 5 heterocycles. The fourth-order valence-electron chi connectivity index (χ4n) is 17.1. The molecule has 3 radical (unpaired) electrons. The van der Waals surface area contributed by atoms with E-state index in [1.807, 2.05) is 92.6 Å². The van der Waals surface area contributed by atoms with Crippen LogP contribution in [0, 0.1) is 35.2 Å². The van der Waals surface area contributed by atoms with Crippen molar-refractivity contribution in [2.45, 2.75) is 171 Å². The molecule has 3 amide bonds. The Morgan fingerprint density at radius 1 is 0.484 bits per heavy atom. The molecule has 122 heavy (non-hydrogen) atoms. The van der Waals surface area contributed by atoms with Gasteiger partial charge in [0.05, 0.1) is 40.5 Å². The van der Waals surface area contributed by atoms with E-state index in [4.69, 9.17) is 58.5 Å². The van der Waals surface area contributed by atoms with Crippen LogP contribution < -0.4 is 67.9 Å². The maximum atomic E-state index is 14.4. The quantitative estimate of drug-likeness (QED) is 0.0620. The van der Waals surface area contributed by atoms with Gasteiger partial charge in [-0.25, -0.2) is 13.2 Å². The number of hydrogen-bond donors (Lipinski definition) is 4. The van der Waals surface area contributed by atoms with E-state index in [-0.39, 0.29) is 103 Å². The van der Waals surface area contributed by atoms with Crippen LogP contribution in [0.3, 0.4) is 0 Å². The minimum Gasteiger partial charge on any atom is -1.00 e. The van der Waals surface area contributed by atoms with E-state index in [9.17, 15) is 62.4 Å². The molecule has 3 saturated carbocycles. The number of Topliss-reactive ketones (excluding diaryl/α,β-unsaturated/α-hetero) is 2. The molecule has 27 heteroatoms. The molecular formula is C95H93BBrCl3F3N3NaO15. The van der Waals surface area contributed by atoms with Gasteiger partial charge in [0.2, 0.25) is 0 Å². The number of amides is 3. The van der Waals surface area contributed by atoms with Gasteiger partial charge in [0.25, 0.3) is 17.7 Å². The van der Waals surface area contributed by atoms with Crippen molar-refractivity contribution < 1.29 is 117 Å². The first-order valence-electron chi connectivity index (χ1n) is 40.3. The van der Waals surface area contributed by atoms with Gasteiger partial charge < -0.3 is 45.5 Å². The summed E-state index contributed by atoms with van der Waals surface area (Å²) in [6.07, 6.45) is 5.71. The normalized spacial score (nSPS) is 21.0. The van der Waals surface area contributed by atoms with Crippen LogP contribution in [0.2, 0.25) is 15.1 Å². The summed E-state index contributed by atoms with van der Waals surface area (Å²) in [5.41, 5.74) is 6.19. The fraction of sp³-hybridized carbons (Fsp3) is 0.368. The van der Waals surface area contributed by atoms with Crippen molar-refractivity contribution in [1.82, 2.24) is 0 Å². The molecule has 0 saturated heterocycles. The molecule has 3 aliphatic carbocycles. The molecule has 5 aliphatic heterocycles. The maximum Gasteiger partial charge on any atom is 1.00 e. The number of carbonyl (C=O) groups is 6. The molecule has 9 atom stereocenters. The second-order valence-corrected chi connectivity index (χ2v) is 37.3. The van der Waals surface area contributed by atoms with Gasteiger partial charge in [-0.1, -0.05) is 152 Å². The van der Waals surface area contributed by atoms with E-state index in [1.54, 1.807) is 78.9 Å². The van der Waals surface area contributed by atoms with E-state index in [0.717, 1.165) is 73.4 Å². The molecule has 631 valence electrons. The summed E-state index contributed by atoms with van der Waals surface area (Å²) < 4.78 is 74.0. The van der Waals surface area contributed by atoms with Gasteiger partial charge in [-0.15, -0.1) is 0 Å². The number of hydrogen-bond acceptors (Lipinski definition) is 14. The number of carboxylic acids is 1. The van der Waals surface area contributed by atoms with Crippen molar-refractivity contribution in [2.75, 3.05) is 47.7 Å². The van der Waals surface area contributed by atoms with Crippen molar-refractivity contribution in [3.63, 3.8) is 0 Å². The van der Waals surface area contributed by atoms with E-state index >= 15 is 0 Å². The number of anilines is 3. The number of aliphatic hydroxyl groups is 3. The number of nitrogens with zero attached hydrogens (tertiary/aromatic N) is 3. The number of carbonyl (C=O) groups excluding carboxylic acids is 5. The van der Waals surface area contributed by atoms with Crippen LogP contribution in [0.25, 0.3) is 0 Å². The zero-order valence-corrected chi connectivity index (χ0v) is 75.0. The second kappa shape index (κ2) is 36.1. The third-order valence-electron chi connectivity index (χ3n) is 23.7. The molecule has 17 rings (SSSR count). The van der Waals surface area contributed by atoms with Crippen molar-refractivity contribution in [3.8, 4) is 28.7 Å². The number of aliphatic hydroxyl groups excluding tert-OH is 3. The van der Waals surface area contributed by atoms with Gasteiger partial charge in [-0.2, -0.15) is 0 Å². The predicted molar refractivity (Wildman–Crippen MR) is 462 cm³/mol. The van der Waals surface area contributed by atoms with E-state index in [2.05, 4.69) is 15.9 Å². The molecule has 4 N–H and O–H groups in total. The Balaban J connectivity index is 0.000000166. The third-order valence-corrected chi connectivity index (χ3v) is 25.3. The van der Waals surface area contributed by atoms with Crippen LogP contribution in [-0.2, 0) is 30.6 Å². The van der Waals surface area contributed by atoms with Crippen LogP contribution in [0.1, 0.15) is 219 Å². The van der Waals surface area contributed by atoms with Gasteiger partial charge in [-0.3, -0.25) is 43.5 Å². The van der Waals surface area contributed by atoms with E-state index < -0.39 is 108 Å². The summed E-state index contributed by atoms with van der Waals surface area (Å²) in [5, 5.41) is 42.1. The Hall–Kier alpha value is -8.72. The monoisotopic (exact) mass is 1790 g/mol. The van der Waals surface area contributed by atoms with Crippen molar-refractivity contribution in [2.24, 2.45) is 17.8 Å². The summed E-state index contributed by atoms with van der Waals surface area (Å²) in [6.45, 7) is 17.9. The van der Waals surface area contributed by atoms with Crippen LogP contribution in [-0.4, -0.2) is 115 Å². The number of rotatable bonds is 17. The van der Waals surface area contributed by atoms with Gasteiger partial charge in [0.1, 0.15) is 74.4 Å². The maximum absolute atomic E-state index is 14.4. The minimum absolute atomic E-state index is 0. The van der Waals surface area contributed by atoms with Crippen molar-refractivity contribution in [1.29, 1.82) is 0 Å². The summed E-state index contributed by atoms with van der Waals surface area (Å²) in [4.78, 5) is 86.2. The number of ketones is 2. The van der Waals surface area contributed by atoms with Crippen LogP contribution in [0.4, 0.5) is 30.2 Å². The molecule has 3 fully saturated rings.